The van der Waals surface area contributed by atoms with Crippen molar-refractivity contribution >= 4 is 5.97 Å². The molecule has 0 amide bonds. The highest BCUT2D eigenvalue weighted by molar-refractivity contribution is 5.88. The molecule has 110 valence electrons. The van der Waals surface area contributed by atoms with Crippen molar-refractivity contribution in [3.63, 3.8) is 0 Å². The van der Waals surface area contributed by atoms with Crippen LogP contribution in [0, 0.1) is 19.8 Å². The largest absolute Gasteiger partial charge is 0.490 e. The molecule has 2 atom stereocenters. The summed E-state index contributed by atoms with van der Waals surface area (Å²) in [7, 11) is 0. The maximum Gasteiger partial charge on any atom is 0.335 e. The molecule has 20 heavy (non-hydrogen) atoms. The molecule has 0 radical (unpaired) electrons. The first-order valence-corrected chi connectivity index (χ1v) is 7.52. The van der Waals surface area contributed by atoms with Gasteiger partial charge < -0.3 is 9.84 Å². The lowest BCUT2D eigenvalue weighted by Gasteiger charge is -2.30. The first-order chi connectivity index (χ1) is 9.51. The van der Waals surface area contributed by atoms with Crippen LogP contribution in [-0.2, 0) is 0 Å². The number of hydrogen-bond acceptors (Lipinski definition) is 2. The number of carboxylic acids is 1. The third-order valence-corrected chi connectivity index (χ3v) is 4.30. The van der Waals surface area contributed by atoms with E-state index in [0.29, 0.717) is 5.56 Å². The first-order valence-electron chi connectivity index (χ1n) is 7.52. The summed E-state index contributed by atoms with van der Waals surface area (Å²) in [5.41, 5.74) is 2.17. The van der Waals surface area contributed by atoms with Crippen LogP contribution in [0.3, 0.4) is 0 Å². The Morgan fingerprint density at radius 2 is 1.95 bits per heavy atom. The summed E-state index contributed by atoms with van der Waals surface area (Å²) in [6, 6.07) is 3.40. The van der Waals surface area contributed by atoms with Gasteiger partial charge in [-0.05, 0) is 62.3 Å². The van der Waals surface area contributed by atoms with Crippen molar-refractivity contribution in [2.24, 2.45) is 5.92 Å². The fourth-order valence-corrected chi connectivity index (χ4v) is 3.15. The predicted molar refractivity (Wildman–Crippen MR) is 79.5 cm³/mol. The molecule has 3 nitrogen and oxygen atoms in total. The average Bonchev–Trinajstić information content (AvgIpc) is 2.42. The third kappa shape index (κ3) is 3.33. The highest BCUT2D eigenvalue weighted by atomic mass is 16.5. The summed E-state index contributed by atoms with van der Waals surface area (Å²) < 4.78 is 6.19. The molecule has 0 heterocycles. The van der Waals surface area contributed by atoms with E-state index in [1.807, 2.05) is 13.8 Å². The summed E-state index contributed by atoms with van der Waals surface area (Å²) in [6.45, 7) is 6.09. The highest BCUT2D eigenvalue weighted by Crippen LogP contribution is 2.32. The molecule has 1 aliphatic carbocycles. The normalized spacial score (nSPS) is 22.6. The number of aromatic carboxylic acids is 1. The van der Waals surface area contributed by atoms with Crippen LogP contribution in [0.25, 0.3) is 0 Å². The number of ether oxygens (including phenoxy) is 1. The lowest BCUT2D eigenvalue weighted by atomic mass is 9.85. The zero-order valence-corrected chi connectivity index (χ0v) is 12.6. The summed E-state index contributed by atoms with van der Waals surface area (Å²) in [4.78, 5) is 11.0. The number of aryl methyl sites for hydroxylation is 2. The fraction of sp³-hybridized carbons (Fsp3) is 0.588. The Morgan fingerprint density at radius 3 is 2.50 bits per heavy atom. The topological polar surface area (TPSA) is 46.5 Å². The number of rotatable bonds is 4. The van der Waals surface area contributed by atoms with Crippen LogP contribution in [0.2, 0.25) is 0 Å². The molecular formula is C17H24O3. The molecule has 1 fully saturated rings. The van der Waals surface area contributed by atoms with E-state index < -0.39 is 5.97 Å². The minimum absolute atomic E-state index is 0.279. The van der Waals surface area contributed by atoms with Gasteiger partial charge in [-0.2, -0.15) is 0 Å². The molecular weight excluding hydrogens is 252 g/mol. The van der Waals surface area contributed by atoms with Gasteiger partial charge in [-0.25, -0.2) is 4.79 Å². The molecule has 3 heteroatoms. The molecule has 0 aliphatic heterocycles. The van der Waals surface area contributed by atoms with Gasteiger partial charge in [0.05, 0.1) is 11.7 Å². The highest BCUT2D eigenvalue weighted by Gasteiger charge is 2.23. The van der Waals surface area contributed by atoms with Crippen LogP contribution in [-0.4, -0.2) is 17.2 Å². The maximum absolute atomic E-state index is 11.0. The molecule has 1 aliphatic rings. The molecule has 1 aromatic carbocycles. The summed E-state index contributed by atoms with van der Waals surface area (Å²) in [6.07, 6.45) is 6.27. The van der Waals surface area contributed by atoms with Crippen LogP contribution >= 0.6 is 0 Å². The lowest BCUT2D eigenvalue weighted by Crippen LogP contribution is -2.25. The Labute approximate surface area is 121 Å². The minimum atomic E-state index is -0.883. The second kappa shape index (κ2) is 6.29. The van der Waals surface area contributed by atoms with E-state index >= 15 is 0 Å². The third-order valence-electron chi connectivity index (χ3n) is 4.30. The van der Waals surface area contributed by atoms with Crippen LogP contribution in [0.1, 0.15) is 60.5 Å². The number of benzene rings is 1. The van der Waals surface area contributed by atoms with E-state index in [4.69, 9.17) is 9.84 Å². The van der Waals surface area contributed by atoms with Crippen molar-refractivity contribution in [2.45, 2.75) is 59.0 Å². The van der Waals surface area contributed by atoms with E-state index in [2.05, 4.69) is 6.92 Å². The van der Waals surface area contributed by atoms with Crippen LogP contribution in [0.4, 0.5) is 0 Å². The molecule has 2 rings (SSSR count). The van der Waals surface area contributed by atoms with Crippen molar-refractivity contribution < 1.29 is 14.6 Å². The average molecular weight is 276 g/mol. The Bertz CT molecular complexity index is 470. The van der Waals surface area contributed by atoms with E-state index in [0.717, 1.165) is 35.6 Å². The Morgan fingerprint density at radius 1 is 1.30 bits per heavy atom. The molecule has 1 saturated carbocycles. The van der Waals surface area contributed by atoms with Crippen LogP contribution in [0.15, 0.2) is 12.1 Å². The SMILES string of the molecule is CCC1CCCC(Oc2c(C)cc(C(=O)O)cc2C)C1. The van der Waals surface area contributed by atoms with Crippen molar-refractivity contribution in [3.05, 3.63) is 28.8 Å². The van der Waals surface area contributed by atoms with Crippen molar-refractivity contribution in [3.8, 4) is 5.75 Å². The molecule has 1 N–H and O–H groups in total. The summed E-state index contributed by atoms with van der Waals surface area (Å²) >= 11 is 0. The van der Waals surface area contributed by atoms with Gasteiger partial charge in [0.1, 0.15) is 5.75 Å². The Kier molecular flexibility index (Phi) is 4.69. The number of carboxylic acid groups (broad SMARTS) is 1. The molecule has 0 saturated heterocycles. The molecule has 0 aromatic heterocycles. The second-order valence-corrected chi connectivity index (χ2v) is 5.93. The van der Waals surface area contributed by atoms with Gasteiger partial charge in [-0.15, -0.1) is 0 Å². The molecule has 0 bridgehead atoms. The van der Waals surface area contributed by atoms with E-state index in [1.54, 1.807) is 12.1 Å². The van der Waals surface area contributed by atoms with E-state index in [-0.39, 0.29) is 6.10 Å². The smallest absolute Gasteiger partial charge is 0.335 e. The van der Waals surface area contributed by atoms with E-state index in [9.17, 15) is 4.79 Å². The maximum atomic E-state index is 11.0. The fourth-order valence-electron chi connectivity index (χ4n) is 3.15. The molecule has 0 spiro atoms. The van der Waals surface area contributed by atoms with Crippen molar-refractivity contribution in [1.29, 1.82) is 0 Å². The Hall–Kier alpha value is -1.51. The minimum Gasteiger partial charge on any atom is -0.490 e. The standard InChI is InChI=1S/C17H24O3/c1-4-13-6-5-7-15(10-13)20-16-11(2)8-14(17(18)19)9-12(16)3/h8-9,13,15H,4-7,10H2,1-3H3,(H,18,19). The van der Waals surface area contributed by atoms with Gasteiger partial charge in [0.15, 0.2) is 0 Å². The van der Waals surface area contributed by atoms with Gasteiger partial charge in [0, 0.05) is 0 Å². The van der Waals surface area contributed by atoms with Crippen LogP contribution in [0.5, 0.6) is 5.75 Å². The van der Waals surface area contributed by atoms with Crippen molar-refractivity contribution in [2.75, 3.05) is 0 Å². The molecule has 1 aromatic rings. The number of carbonyl (C=O) groups is 1. The predicted octanol–water partition coefficient (Wildman–Crippen LogP) is 4.35. The van der Waals surface area contributed by atoms with Gasteiger partial charge >= 0.3 is 5.97 Å². The summed E-state index contributed by atoms with van der Waals surface area (Å²) in [5, 5.41) is 9.07. The van der Waals surface area contributed by atoms with Gasteiger partial charge in [-0.3, -0.25) is 0 Å². The van der Waals surface area contributed by atoms with Crippen LogP contribution < -0.4 is 4.74 Å². The zero-order valence-electron chi connectivity index (χ0n) is 12.6. The van der Waals surface area contributed by atoms with E-state index in [1.165, 1.54) is 19.3 Å². The summed E-state index contributed by atoms with van der Waals surface area (Å²) in [5.74, 6) is 0.760. The van der Waals surface area contributed by atoms with Gasteiger partial charge in [0.25, 0.3) is 0 Å². The van der Waals surface area contributed by atoms with Gasteiger partial charge in [0.2, 0.25) is 0 Å². The molecule has 2 unspecified atom stereocenters. The van der Waals surface area contributed by atoms with Crippen molar-refractivity contribution in [1.82, 2.24) is 0 Å². The lowest BCUT2D eigenvalue weighted by molar-refractivity contribution is 0.0696. The quantitative estimate of drug-likeness (QED) is 0.889. The number of hydrogen-bond donors (Lipinski definition) is 1. The second-order valence-electron chi connectivity index (χ2n) is 5.93. The Balaban J connectivity index is 2.15. The monoisotopic (exact) mass is 276 g/mol. The van der Waals surface area contributed by atoms with Gasteiger partial charge in [-0.1, -0.05) is 19.8 Å². The zero-order chi connectivity index (χ0) is 14.7. The first kappa shape index (κ1) is 14.9.